The van der Waals surface area contributed by atoms with Gasteiger partial charge in [-0.2, -0.15) is 0 Å². The van der Waals surface area contributed by atoms with Gasteiger partial charge in [0.2, 0.25) is 0 Å². The van der Waals surface area contributed by atoms with Crippen molar-refractivity contribution in [3.8, 4) is 0 Å². The number of nitrogens with zero attached hydrogens (tertiary/aromatic N) is 3. The molecule has 4 heteroatoms. The molecule has 0 atom stereocenters. The Morgan fingerprint density at radius 1 is 1.47 bits per heavy atom. The van der Waals surface area contributed by atoms with E-state index in [4.69, 9.17) is 0 Å². The summed E-state index contributed by atoms with van der Waals surface area (Å²) in [5.41, 5.74) is 0.951. The van der Waals surface area contributed by atoms with Crippen LogP contribution in [0.25, 0.3) is 0 Å². The first-order chi connectivity index (χ1) is 7.27. The highest BCUT2D eigenvalue weighted by atomic mass is 16.1. The minimum atomic E-state index is 0.158. The fourth-order valence-electron chi connectivity index (χ4n) is 1.96. The van der Waals surface area contributed by atoms with Crippen molar-refractivity contribution in [2.45, 2.75) is 26.2 Å². The lowest BCUT2D eigenvalue weighted by molar-refractivity contribution is -0.116. The summed E-state index contributed by atoms with van der Waals surface area (Å²) in [7, 11) is 0. The van der Waals surface area contributed by atoms with Gasteiger partial charge < -0.3 is 4.90 Å². The van der Waals surface area contributed by atoms with Gasteiger partial charge in [-0.3, -0.25) is 4.79 Å². The number of carbonyl (C=O) groups excluding carboxylic acids is 1. The summed E-state index contributed by atoms with van der Waals surface area (Å²) < 4.78 is 0. The van der Waals surface area contributed by atoms with Crippen molar-refractivity contribution in [1.82, 2.24) is 9.97 Å². The van der Waals surface area contributed by atoms with E-state index in [0.29, 0.717) is 6.42 Å². The lowest BCUT2D eigenvalue weighted by atomic mass is 10.1. The van der Waals surface area contributed by atoms with E-state index >= 15 is 0 Å². The molecule has 1 aromatic rings. The number of carbonyl (C=O) groups is 1. The topological polar surface area (TPSA) is 46.1 Å². The Kier molecular flexibility index (Phi) is 2.94. The van der Waals surface area contributed by atoms with E-state index in [1.807, 2.05) is 0 Å². The third-order valence-corrected chi connectivity index (χ3v) is 2.61. The Labute approximate surface area is 89.3 Å². The van der Waals surface area contributed by atoms with Gasteiger partial charge in [-0.1, -0.05) is 0 Å². The summed E-state index contributed by atoms with van der Waals surface area (Å²) >= 11 is 0. The molecule has 15 heavy (non-hydrogen) atoms. The third-order valence-electron chi connectivity index (χ3n) is 2.61. The van der Waals surface area contributed by atoms with Crippen molar-refractivity contribution < 1.29 is 4.79 Å². The van der Waals surface area contributed by atoms with Gasteiger partial charge in [0, 0.05) is 31.3 Å². The van der Waals surface area contributed by atoms with E-state index in [1.54, 1.807) is 19.4 Å². The standard InChI is InChI=1S/C11H15N3O/c1-9(15)6-10-7-12-8-13-11(10)14-4-2-3-5-14/h7-8H,2-6H2,1H3. The number of rotatable bonds is 3. The predicted molar refractivity (Wildman–Crippen MR) is 57.9 cm³/mol. The van der Waals surface area contributed by atoms with E-state index in [9.17, 15) is 4.79 Å². The summed E-state index contributed by atoms with van der Waals surface area (Å²) in [6.07, 6.45) is 6.17. The second-order valence-corrected chi connectivity index (χ2v) is 3.94. The number of hydrogen-bond acceptors (Lipinski definition) is 4. The molecule has 0 saturated carbocycles. The van der Waals surface area contributed by atoms with Crippen LogP contribution in [-0.4, -0.2) is 28.8 Å². The Morgan fingerprint density at radius 2 is 2.20 bits per heavy atom. The van der Waals surface area contributed by atoms with Gasteiger partial charge >= 0.3 is 0 Å². The molecule has 0 N–H and O–H groups in total. The maximum absolute atomic E-state index is 11.1. The van der Waals surface area contributed by atoms with Crippen LogP contribution in [0.3, 0.4) is 0 Å². The summed E-state index contributed by atoms with van der Waals surface area (Å²) in [4.78, 5) is 21.6. The SMILES string of the molecule is CC(=O)Cc1cncnc1N1CCCC1. The van der Waals surface area contributed by atoms with Gasteiger partial charge in [0.15, 0.2) is 0 Å². The highest BCUT2D eigenvalue weighted by Gasteiger charge is 2.17. The third kappa shape index (κ3) is 2.32. The van der Waals surface area contributed by atoms with Gasteiger partial charge in [0.25, 0.3) is 0 Å². The van der Waals surface area contributed by atoms with Crippen LogP contribution < -0.4 is 4.90 Å². The van der Waals surface area contributed by atoms with Crippen molar-refractivity contribution >= 4 is 11.6 Å². The minimum Gasteiger partial charge on any atom is -0.356 e. The molecule has 0 bridgehead atoms. The number of anilines is 1. The fraction of sp³-hybridized carbons (Fsp3) is 0.545. The Morgan fingerprint density at radius 3 is 2.87 bits per heavy atom. The van der Waals surface area contributed by atoms with E-state index in [2.05, 4.69) is 14.9 Å². The molecule has 0 unspecified atom stereocenters. The summed E-state index contributed by atoms with van der Waals surface area (Å²) in [5.74, 6) is 1.10. The molecule has 4 nitrogen and oxygen atoms in total. The van der Waals surface area contributed by atoms with Crippen LogP contribution in [0.5, 0.6) is 0 Å². The highest BCUT2D eigenvalue weighted by Crippen LogP contribution is 2.21. The Bertz CT molecular complexity index is 359. The first-order valence-corrected chi connectivity index (χ1v) is 5.30. The van der Waals surface area contributed by atoms with Gasteiger partial charge in [0.1, 0.15) is 17.9 Å². The average Bonchev–Trinajstić information content (AvgIpc) is 2.70. The van der Waals surface area contributed by atoms with Crippen LogP contribution in [0.4, 0.5) is 5.82 Å². The number of hydrogen-bond donors (Lipinski definition) is 0. The zero-order valence-corrected chi connectivity index (χ0v) is 8.94. The Hall–Kier alpha value is -1.45. The molecule has 0 aliphatic carbocycles. The van der Waals surface area contributed by atoms with Crippen molar-refractivity contribution in [2.75, 3.05) is 18.0 Å². The molecule has 1 fully saturated rings. The molecule has 1 aliphatic heterocycles. The normalized spacial score (nSPS) is 15.7. The number of ketones is 1. The molecule has 0 aromatic carbocycles. The van der Waals surface area contributed by atoms with Crippen molar-refractivity contribution in [1.29, 1.82) is 0 Å². The number of Topliss-reactive ketones (excluding diaryl/α,β-unsaturated/α-hetero) is 1. The van der Waals surface area contributed by atoms with Crippen LogP contribution >= 0.6 is 0 Å². The molecule has 80 valence electrons. The smallest absolute Gasteiger partial charge is 0.135 e. The molecule has 2 rings (SSSR count). The van der Waals surface area contributed by atoms with Crippen LogP contribution in [-0.2, 0) is 11.2 Å². The van der Waals surface area contributed by atoms with E-state index in [1.165, 1.54) is 12.8 Å². The van der Waals surface area contributed by atoms with Gasteiger partial charge in [-0.15, -0.1) is 0 Å². The fourth-order valence-corrected chi connectivity index (χ4v) is 1.96. The monoisotopic (exact) mass is 205 g/mol. The van der Waals surface area contributed by atoms with Gasteiger partial charge in [0.05, 0.1) is 0 Å². The highest BCUT2D eigenvalue weighted by molar-refractivity contribution is 5.79. The maximum Gasteiger partial charge on any atom is 0.135 e. The summed E-state index contributed by atoms with van der Waals surface area (Å²) in [5, 5.41) is 0. The van der Waals surface area contributed by atoms with E-state index in [-0.39, 0.29) is 5.78 Å². The van der Waals surface area contributed by atoms with Gasteiger partial charge in [-0.05, 0) is 19.8 Å². The van der Waals surface area contributed by atoms with Crippen molar-refractivity contribution in [2.24, 2.45) is 0 Å². The van der Waals surface area contributed by atoms with Crippen LogP contribution in [0.15, 0.2) is 12.5 Å². The molecule has 1 aliphatic rings. The zero-order chi connectivity index (χ0) is 10.7. The second-order valence-electron chi connectivity index (χ2n) is 3.94. The molecular formula is C11H15N3O. The van der Waals surface area contributed by atoms with Gasteiger partial charge in [-0.25, -0.2) is 9.97 Å². The largest absolute Gasteiger partial charge is 0.356 e. The van der Waals surface area contributed by atoms with Crippen molar-refractivity contribution in [3.05, 3.63) is 18.1 Å². The first-order valence-electron chi connectivity index (χ1n) is 5.30. The molecule has 1 saturated heterocycles. The first kappa shape index (κ1) is 10.1. The molecule has 0 amide bonds. The maximum atomic E-state index is 11.1. The lowest BCUT2D eigenvalue weighted by Crippen LogP contribution is -2.21. The molecule has 1 aromatic heterocycles. The summed E-state index contributed by atoms with van der Waals surface area (Å²) in [6.45, 7) is 3.69. The predicted octanol–water partition coefficient (Wildman–Crippen LogP) is 1.21. The summed E-state index contributed by atoms with van der Waals surface area (Å²) in [6, 6.07) is 0. The van der Waals surface area contributed by atoms with E-state index in [0.717, 1.165) is 24.5 Å². The Balaban J connectivity index is 2.24. The van der Waals surface area contributed by atoms with E-state index < -0.39 is 0 Å². The van der Waals surface area contributed by atoms with Crippen LogP contribution in [0.1, 0.15) is 25.3 Å². The minimum absolute atomic E-state index is 0.158. The second kappa shape index (κ2) is 4.38. The zero-order valence-electron chi connectivity index (χ0n) is 8.94. The molecule has 2 heterocycles. The molecule has 0 radical (unpaired) electrons. The lowest BCUT2D eigenvalue weighted by Gasteiger charge is -2.18. The van der Waals surface area contributed by atoms with Crippen LogP contribution in [0.2, 0.25) is 0 Å². The number of aromatic nitrogens is 2. The van der Waals surface area contributed by atoms with Crippen molar-refractivity contribution in [3.63, 3.8) is 0 Å². The molecular weight excluding hydrogens is 190 g/mol. The average molecular weight is 205 g/mol. The quantitative estimate of drug-likeness (QED) is 0.744. The van der Waals surface area contributed by atoms with Crippen LogP contribution in [0, 0.1) is 0 Å². The molecule has 0 spiro atoms.